The van der Waals surface area contributed by atoms with Crippen LogP contribution in [0.3, 0.4) is 0 Å². The smallest absolute Gasteiger partial charge is 0.220 e. The molecule has 17 atom stereocenters. The average Bonchev–Trinajstić information content (AvgIpc) is 1.93. The first kappa shape index (κ1) is 80.2. The van der Waals surface area contributed by atoms with Crippen molar-refractivity contribution in [2.45, 2.75) is 324 Å². The van der Waals surface area contributed by atoms with Crippen molar-refractivity contribution in [2.75, 3.05) is 26.4 Å². The number of ether oxygens (including phenoxy) is 6. The molecule has 3 aliphatic rings. The van der Waals surface area contributed by atoms with Crippen LogP contribution in [-0.2, 0) is 33.2 Å². The number of rotatable bonds is 51. The van der Waals surface area contributed by atoms with Crippen LogP contribution in [-0.4, -0.2) is 193 Å². The Morgan fingerprint density at radius 2 is 0.787 bits per heavy atom. The van der Waals surface area contributed by atoms with Crippen LogP contribution in [0.2, 0.25) is 0 Å². The lowest BCUT2D eigenvalue weighted by Crippen LogP contribution is -2.66. The summed E-state index contributed by atoms with van der Waals surface area (Å²) in [4.78, 5) is 13.4. The third-order valence-electron chi connectivity index (χ3n) is 16.7. The number of amides is 1. The van der Waals surface area contributed by atoms with Gasteiger partial charge in [0.25, 0.3) is 0 Å². The molecule has 0 aliphatic carbocycles. The summed E-state index contributed by atoms with van der Waals surface area (Å²) in [6, 6.07) is -1.01. The van der Waals surface area contributed by atoms with Crippen molar-refractivity contribution < 1.29 is 89.4 Å². The average molecular weight is 1260 g/mol. The number of carbonyl (C=O) groups excluding carboxylic acids is 1. The zero-order chi connectivity index (χ0) is 64.7. The number of hydrogen-bond donors (Lipinski definition) is 12. The van der Waals surface area contributed by atoms with Gasteiger partial charge in [0.05, 0.1) is 38.6 Å². The molecule has 0 aromatic heterocycles. The lowest BCUT2D eigenvalue weighted by molar-refractivity contribution is -0.379. The molecular formula is C70H121NO18. The summed E-state index contributed by atoms with van der Waals surface area (Å²) >= 11 is 0. The van der Waals surface area contributed by atoms with Gasteiger partial charge in [-0.25, -0.2) is 0 Å². The Kier molecular flexibility index (Phi) is 46.3. The van der Waals surface area contributed by atoms with Gasteiger partial charge in [-0.05, 0) is 77.0 Å². The Morgan fingerprint density at radius 3 is 1.26 bits per heavy atom. The number of aliphatic hydroxyl groups is 11. The van der Waals surface area contributed by atoms with Gasteiger partial charge < -0.3 is 89.9 Å². The number of unbranched alkanes of at least 4 members (excludes halogenated alkanes) is 23. The minimum atomic E-state index is -1.99. The number of allylic oxidation sites excluding steroid dienone is 13. The summed E-state index contributed by atoms with van der Waals surface area (Å²) in [6.07, 6.45) is 38.4. The second-order valence-electron chi connectivity index (χ2n) is 24.2. The van der Waals surface area contributed by atoms with Gasteiger partial charge in [0.15, 0.2) is 18.9 Å². The van der Waals surface area contributed by atoms with E-state index in [1.165, 1.54) is 103 Å². The molecule has 12 N–H and O–H groups in total. The predicted octanol–water partition coefficient (Wildman–Crippen LogP) is 8.71. The van der Waals surface area contributed by atoms with Crippen molar-refractivity contribution in [1.29, 1.82) is 0 Å². The first-order valence-corrected chi connectivity index (χ1v) is 34.3. The van der Waals surface area contributed by atoms with E-state index in [4.69, 9.17) is 28.4 Å². The Bertz CT molecular complexity index is 1940. The number of carbonyl (C=O) groups is 1. The SMILES string of the molecule is CC/C=C\C/C=C\C/C=C\C/C=C\C/C=C\CCCCCCCC(=O)NC(COC1OC(CO)C(OC2OC(CO)C(OC3OC(CO)C(O)C(O)C3O)C(O)C2O)C(O)C1O)C(O)/C=C/CC/C=C/CCCCCCCCCCCCCCCCCCC. The van der Waals surface area contributed by atoms with Crippen LogP contribution < -0.4 is 5.32 Å². The maximum Gasteiger partial charge on any atom is 0.220 e. The van der Waals surface area contributed by atoms with E-state index >= 15 is 0 Å². The predicted molar refractivity (Wildman–Crippen MR) is 346 cm³/mol. The highest BCUT2D eigenvalue weighted by Crippen LogP contribution is 2.33. The zero-order valence-corrected chi connectivity index (χ0v) is 54.1. The van der Waals surface area contributed by atoms with E-state index in [1.807, 2.05) is 6.08 Å². The highest BCUT2D eigenvalue weighted by Gasteiger charge is 2.53. The van der Waals surface area contributed by atoms with Crippen LogP contribution in [0.5, 0.6) is 0 Å². The van der Waals surface area contributed by atoms with Gasteiger partial charge in [0.2, 0.25) is 5.91 Å². The molecule has 3 rings (SSSR count). The van der Waals surface area contributed by atoms with Gasteiger partial charge in [-0.1, -0.05) is 221 Å². The van der Waals surface area contributed by atoms with Crippen molar-refractivity contribution in [3.63, 3.8) is 0 Å². The quantitative estimate of drug-likeness (QED) is 0.0200. The minimum Gasteiger partial charge on any atom is -0.394 e. The maximum absolute atomic E-state index is 13.4. The van der Waals surface area contributed by atoms with E-state index in [0.29, 0.717) is 12.8 Å². The fraction of sp³-hybridized carbons (Fsp3) is 0.786. The molecule has 0 aromatic carbocycles. The van der Waals surface area contributed by atoms with Crippen molar-refractivity contribution in [3.8, 4) is 0 Å². The summed E-state index contributed by atoms with van der Waals surface area (Å²) in [5.74, 6) is -0.306. The molecule has 17 unspecified atom stereocenters. The molecule has 514 valence electrons. The lowest BCUT2D eigenvalue weighted by atomic mass is 9.96. The van der Waals surface area contributed by atoms with E-state index in [2.05, 4.69) is 92.1 Å². The van der Waals surface area contributed by atoms with E-state index < -0.39 is 124 Å². The molecule has 0 bridgehead atoms. The minimum absolute atomic E-state index is 0.209. The zero-order valence-electron chi connectivity index (χ0n) is 54.1. The Labute approximate surface area is 533 Å². The molecule has 0 saturated carbocycles. The highest BCUT2D eigenvalue weighted by atomic mass is 16.8. The van der Waals surface area contributed by atoms with Crippen molar-refractivity contribution >= 4 is 5.91 Å². The summed E-state index contributed by atoms with van der Waals surface area (Å²) in [6.45, 7) is 1.58. The van der Waals surface area contributed by atoms with Crippen LogP contribution >= 0.6 is 0 Å². The number of aliphatic hydroxyl groups excluding tert-OH is 11. The first-order valence-electron chi connectivity index (χ1n) is 34.3. The van der Waals surface area contributed by atoms with Gasteiger partial charge in [-0.15, -0.1) is 0 Å². The summed E-state index contributed by atoms with van der Waals surface area (Å²) < 4.78 is 34.3. The summed E-state index contributed by atoms with van der Waals surface area (Å²) in [5.41, 5.74) is 0. The van der Waals surface area contributed by atoms with Gasteiger partial charge in [-0.3, -0.25) is 4.79 Å². The fourth-order valence-corrected chi connectivity index (χ4v) is 11.1. The van der Waals surface area contributed by atoms with Crippen LogP contribution in [0.15, 0.2) is 85.1 Å². The normalized spacial score (nSPS) is 28.8. The molecule has 3 fully saturated rings. The first-order chi connectivity index (χ1) is 43.3. The second-order valence-corrected chi connectivity index (χ2v) is 24.2. The van der Waals surface area contributed by atoms with E-state index in [9.17, 15) is 61.0 Å². The molecule has 3 saturated heterocycles. The van der Waals surface area contributed by atoms with E-state index in [1.54, 1.807) is 6.08 Å². The Hall–Kier alpha value is -3.03. The molecule has 89 heavy (non-hydrogen) atoms. The van der Waals surface area contributed by atoms with Crippen LogP contribution in [0.4, 0.5) is 0 Å². The third-order valence-corrected chi connectivity index (χ3v) is 16.7. The van der Waals surface area contributed by atoms with Crippen molar-refractivity contribution in [3.05, 3.63) is 85.1 Å². The molecular weight excluding hydrogens is 1140 g/mol. The highest BCUT2D eigenvalue weighted by molar-refractivity contribution is 5.76. The van der Waals surface area contributed by atoms with Crippen LogP contribution in [0.1, 0.15) is 219 Å². The van der Waals surface area contributed by atoms with Crippen molar-refractivity contribution in [2.24, 2.45) is 0 Å². The molecule has 0 aromatic rings. The van der Waals surface area contributed by atoms with E-state index in [0.717, 1.165) is 83.5 Å². The number of hydrogen-bond acceptors (Lipinski definition) is 18. The second kappa shape index (κ2) is 51.4. The van der Waals surface area contributed by atoms with Gasteiger partial charge in [-0.2, -0.15) is 0 Å². The molecule has 3 aliphatic heterocycles. The van der Waals surface area contributed by atoms with E-state index in [-0.39, 0.29) is 18.9 Å². The molecule has 0 radical (unpaired) electrons. The molecule has 1 amide bonds. The third kappa shape index (κ3) is 33.6. The molecule has 19 nitrogen and oxygen atoms in total. The van der Waals surface area contributed by atoms with Crippen LogP contribution in [0.25, 0.3) is 0 Å². The number of nitrogens with one attached hydrogen (secondary N) is 1. The van der Waals surface area contributed by atoms with Crippen molar-refractivity contribution in [1.82, 2.24) is 5.32 Å². The molecule has 19 heteroatoms. The maximum atomic E-state index is 13.4. The standard InChI is InChI=1S/C70H121NO18/c1-3-5-7-9-11-13-15-17-19-21-23-25-26-28-29-31-33-35-37-39-41-43-45-47-54(75)53(71-58(76)48-46-44-42-40-38-36-34-32-30-27-24-22-20-18-16-14-12-10-8-6-4-2)52-84-68-64(82)61(79)66(56(50-73)86-68)89-70-65(83)62(80)67(57(51-74)87-70)88-69-63(81)60(78)59(77)55(49-72)85-69/h6,8,12,14,18,20,24,27,32,34,37,39,45,47,53-57,59-70,72-75,77-83H,3-5,7,9-11,13,15-17,19,21-23,25-26,28-31,33,35-36,38,40-44,46,48-52H2,1-2H3,(H,71,76)/b8-6-,14-12-,20-18-,27-24-,34-32-,39-37+,47-45+. The molecule has 3 heterocycles. The largest absolute Gasteiger partial charge is 0.394 e. The Balaban J connectivity index is 1.47. The topological polar surface area (TPSA) is 307 Å². The monoisotopic (exact) mass is 1260 g/mol. The summed E-state index contributed by atoms with van der Waals surface area (Å²) in [7, 11) is 0. The Morgan fingerprint density at radius 1 is 0.416 bits per heavy atom. The lowest BCUT2D eigenvalue weighted by Gasteiger charge is -2.48. The van der Waals surface area contributed by atoms with Crippen LogP contribution in [0, 0.1) is 0 Å². The van der Waals surface area contributed by atoms with Gasteiger partial charge >= 0.3 is 0 Å². The fourth-order valence-electron chi connectivity index (χ4n) is 11.1. The van der Waals surface area contributed by atoms with Gasteiger partial charge in [0, 0.05) is 6.42 Å². The van der Waals surface area contributed by atoms with Gasteiger partial charge in [0.1, 0.15) is 73.2 Å². The summed E-state index contributed by atoms with van der Waals surface area (Å²) in [5, 5.41) is 120. The molecule has 0 spiro atoms.